The highest BCUT2D eigenvalue weighted by Crippen LogP contribution is 2.34. The molecule has 0 radical (unpaired) electrons. The molecular weight excluding hydrogens is 272 g/mol. The Labute approximate surface area is 126 Å². The van der Waals surface area contributed by atoms with Crippen molar-refractivity contribution in [3.8, 4) is 0 Å². The Morgan fingerprint density at radius 1 is 1.40 bits per heavy atom. The fourth-order valence-electron chi connectivity index (χ4n) is 3.20. The zero-order valence-corrected chi connectivity index (χ0v) is 13.5. The number of halogens is 1. The third-order valence-electron chi connectivity index (χ3n) is 4.73. The molecule has 0 spiro atoms. The molecule has 2 unspecified atom stereocenters. The first kappa shape index (κ1) is 14.4. The van der Waals surface area contributed by atoms with Gasteiger partial charge in [0.2, 0.25) is 0 Å². The van der Waals surface area contributed by atoms with Gasteiger partial charge < -0.3 is 5.32 Å². The number of aryl methyl sites for hydroxylation is 2. The molecule has 1 N–H and O–H groups in total. The maximum Gasteiger partial charge on any atom is 0.0860 e. The lowest BCUT2D eigenvalue weighted by Gasteiger charge is -2.39. The summed E-state index contributed by atoms with van der Waals surface area (Å²) in [6.07, 6.45) is 2.79. The van der Waals surface area contributed by atoms with E-state index in [1.807, 2.05) is 6.92 Å². The molecule has 1 saturated carbocycles. The quantitative estimate of drug-likeness (QED) is 0.926. The van der Waals surface area contributed by atoms with Gasteiger partial charge in [0.1, 0.15) is 0 Å². The third-order valence-corrected chi connectivity index (χ3v) is 5.22. The highest BCUT2D eigenvalue weighted by atomic mass is 35.5. The fourth-order valence-corrected chi connectivity index (χ4v) is 3.39. The highest BCUT2D eigenvalue weighted by molar-refractivity contribution is 6.31. The highest BCUT2D eigenvalue weighted by Gasteiger charge is 2.36. The van der Waals surface area contributed by atoms with Crippen LogP contribution in [0.5, 0.6) is 0 Å². The van der Waals surface area contributed by atoms with Gasteiger partial charge in [0.15, 0.2) is 0 Å². The summed E-state index contributed by atoms with van der Waals surface area (Å²) in [5, 5.41) is 9.07. The maximum atomic E-state index is 6.45. The topological polar surface area (TPSA) is 33.1 Å². The molecule has 5 heteroatoms. The summed E-state index contributed by atoms with van der Waals surface area (Å²) >= 11 is 6.45. The molecule has 1 aliphatic carbocycles. The fraction of sp³-hybridized carbons (Fsp3) is 0.800. The van der Waals surface area contributed by atoms with Crippen LogP contribution in [0, 0.1) is 12.8 Å². The van der Waals surface area contributed by atoms with Gasteiger partial charge in [-0.05, 0) is 39.5 Å². The standard InChI is InChI=1S/C15H25ClN4/c1-4-20-14(15(16)11(3)18-20)9-19-8-13(12-5-6-12)17-7-10(19)2/h10,12-13,17H,4-9H2,1-3H3. The molecule has 20 heavy (non-hydrogen) atoms. The Morgan fingerprint density at radius 3 is 2.80 bits per heavy atom. The van der Waals surface area contributed by atoms with E-state index in [1.165, 1.54) is 18.5 Å². The van der Waals surface area contributed by atoms with Gasteiger partial charge in [-0.1, -0.05) is 11.6 Å². The minimum Gasteiger partial charge on any atom is -0.311 e. The molecule has 2 aliphatic rings. The molecule has 3 rings (SSSR count). The van der Waals surface area contributed by atoms with Crippen LogP contribution in [0.2, 0.25) is 5.02 Å². The molecule has 112 valence electrons. The van der Waals surface area contributed by atoms with E-state index in [9.17, 15) is 0 Å². The molecule has 1 aliphatic heterocycles. The minimum atomic E-state index is 0.557. The van der Waals surface area contributed by atoms with E-state index < -0.39 is 0 Å². The normalized spacial score (nSPS) is 28.0. The third kappa shape index (κ3) is 2.74. The van der Waals surface area contributed by atoms with E-state index in [2.05, 4.69) is 33.8 Å². The summed E-state index contributed by atoms with van der Waals surface area (Å²) in [5.74, 6) is 0.901. The lowest BCUT2D eigenvalue weighted by atomic mass is 10.1. The summed E-state index contributed by atoms with van der Waals surface area (Å²) in [5.41, 5.74) is 2.13. The molecule has 2 fully saturated rings. The lowest BCUT2D eigenvalue weighted by Crippen LogP contribution is -2.55. The maximum absolute atomic E-state index is 6.45. The van der Waals surface area contributed by atoms with Gasteiger partial charge in [-0.15, -0.1) is 0 Å². The van der Waals surface area contributed by atoms with E-state index in [0.29, 0.717) is 12.1 Å². The van der Waals surface area contributed by atoms with Crippen molar-refractivity contribution >= 4 is 11.6 Å². The zero-order valence-electron chi connectivity index (χ0n) is 12.7. The number of piperazine rings is 1. The van der Waals surface area contributed by atoms with Crippen LogP contribution in [0.4, 0.5) is 0 Å². The average molecular weight is 297 g/mol. The second-order valence-electron chi connectivity index (χ2n) is 6.29. The van der Waals surface area contributed by atoms with Gasteiger partial charge >= 0.3 is 0 Å². The zero-order chi connectivity index (χ0) is 14.3. The van der Waals surface area contributed by atoms with Crippen LogP contribution in [-0.4, -0.2) is 39.9 Å². The Kier molecular flexibility index (Phi) is 4.07. The van der Waals surface area contributed by atoms with E-state index in [0.717, 1.165) is 42.8 Å². The Morgan fingerprint density at radius 2 is 2.15 bits per heavy atom. The molecule has 0 amide bonds. The number of nitrogens with one attached hydrogen (secondary N) is 1. The molecule has 1 aromatic rings. The number of rotatable bonds is 4. The van der Waals surface area contributed by atoms with Crippen molar-refractivity contribution in [2.45, 2.75) is 58.8 Å². The Hall–Kier alpha value is -0.580. The molecule has 2 atom stereocenters. The number of hydrogen-bond acceptors (Lipinski definition) is 3. The van der Waals surface area contributed by atoms with Crippen molar-refractivity contribution < 1.29 is 0 Å². The van der Waals surface area contributed by atoms with Crippen LogP contribution < -0.4 is 5.32 Å². The summed E-state index contributed by atoms with van der Waals surface area (Å²) in [6, 6.07) is 1.23. The van der Waals surface area contributed by atoms with Crippen molar-refractivity contribution in [3.63, 3.8) is 0 Å². The van der Waals surface area contributed by atoms with Crippen LogP contribution in [-0.2, 0) is 13.1 Å². The predicted molar refractivity (Wildman–Crippen MR) is 82.0 cm³/mol. The van der Waals surface area contributed by atoms with Gasteiger partial charge in [-0.25, -0.2) is 0 Å². The second-order valence-corrected chi connectivity index (χ2v) is 6.67. The van der Waals surface area contributed by atoms with E-state index in [1.54, 1.807) is 0 Å². The largest absolute Gasteiger partial charge is 0.311 e. The molecule has 0 bridgehead atoms. The van der Waals surface area contributed by atoms with Crippen LogP contribution in [0.25, 0.3) is 0 Å². The van der Waals surface area contributed by atoms with Gasteiger partial charge in [-0.3, -0.25) is 9.58 Å². The first-order chi connectivity index (χ1) is 9.60. The molecular formula is C15H25ClN4. The molecule has 4 nitrogen and oxygen atoms in total. The van der Waals surface area contributed by atoms with Gasteiger partial charge in [0.05, 0.1) is 16.4 Å². The first-order valence-electron chi connectivity index (χ1n) is 7.79. The summed E-state index contributed by atoms with van der Waals surface area (Å²) in [4.78, 5) is 2.56. The second kappa shape index (κ2) is 5.66. The number of hydrogen-bond donors (Lipinski definition) is 1. The Bertz CT molecular complexity index is 480. The van der Waals surface area contributed by atoms with Gasteiger partial charge in [0.25, 0.3) is 0 Å². The predicted octanol–water partition coefficient (Wildman–Crippen LogP) is 2.44. The lowest BCUT2D eigenvalue weighted by molar-refractivity contribution is 0.122. The SMILES string of the molecule is CCn1nc(C)c(Cl)c1CN1CC(C2CC2)NCC1C. The smallest absolute Gasteiger partial charge is 0.0860 e. The van der Waals surface area contributed by atoms with Gasteiger partial charge in [0, 0.05) is 38.3 Å². The summed E-state index contributed by atoms with van der Waals surface area (Å²) in [6.45, 7) is 10.4. The monoisotopic (exact) mass is 296 g/mol. The van der Waals surface area contributed by atoms with Crippen molar-refractivity contribution in [2.75, 3.05) is 13.1 Å². The Balaban J connectivity index is 1.75. The van der Waals surface area contributed by atoms with Gasteiger partial charge in [-0.2, -0.15) is 5.10 Å². The van der Waals surface area contributed by atoms with Crippen molar-refractivity contribution in [1.29, 1.82) is 0 Å². The van der Waals surface area contributed by atoms with Crippen LogP contribution in [0.15, 0.2) is 0 Å². The van der Waals surface area contributed by atoms with E-state index in [4.69, 9.17) is 11.6 Å². The average Bonchev–Trinajstić information content (AvgIpc) is 3.24. The molecule has 1 saturated heterocycles. The van der Waals surface area contributed by atoms with Crippen LogP contribution in [0.3, 0.4) is 0 Å². The number of nitrogens with zero attached hydrogens (tertiary/aromatic N) is 3. The molecule has 2 heterocycles. The minimum absolute atomic E-state index is 0.557. The molecule has 0 aromatic carbocycles. The molecule has 1 aromatic heterocycles. The van der Waals surface area contributed by atoms with Crippen molar-refractivity contribution in [1.82, 2.24) is 20.0 Å². The van der Waals surface area contributed by atoms with Crippen molar-refractivity contribution in [2.24, 2.45) is 5.92 Å². The van der Waals surface area contributed by atoms with E-state index in [-0.39, 0.29) is 0 Å². The van der Waals surface area contributed by atoms with Crippen LogP contribution in [0.1, 0.15) is 38.1 Å². The number of aromatic nitrogens is 2. The van der Waals surface area contributed by atoms with Crippen molar-refractivity contribution in [3.05, 3.63) is 16.4 Å². The summed E-state index contributed by atoms with van der Waals surface area (Å²) < 4.78 is 2.05. The first-order valence-corrected chi connectivity index (χ1v) is 8.17. The summed E-state index contributed by atoms with van der Waals surface area (Å²) in [7, 11) is 0. The van der Waals surface area contributed by atoms with Crippen LogP contribution >= 0.6 is 11.6 Å². The van der Waals surface area contributed by atoms with E-state index >= 15 is 0 Å².